The first kappa shape index (κ1) is 22.3. The second kappa shape index (κ2) is 9.25. The van der Waals surface area contributed by atoms with E-state index >= 15 is 0 Å². The Morgan fingerprint density at radius 1 is 1.27 bits per heavy atom. The van der Waals surface area contributed by atoms with Crippen LogP contribution in [0.3, 0.4) is 0 Å². The molecule has 1 aliphatic carbocycles. The van der Waals surface area contributed by atoms with Crippen molar-refractivity contribution in [3.05, 3.63) is 33.3 Å². The number of aliphatic hydroxyl groups is 1. The number of nitrogens with zero attached hydrogens (tertiary/aromatic N) is 3. The number of hydrogen-bond acceptors (Lipinski definition) is 6. The quantitative estimate of drug-likeness (QED) is 0.277. The molecule has 0 aromatic carbocycles. The molecular weight excluding hydrogens is 349 g/mol. The third-order valence-corrected chi connectivity index (χ3v) is 3.99. The van der Waals surface area contributed by atoms with Gasteiger partial charge in [0.05, 0.1) is 17.8 Å². The molecule has 136 valence electrons. The van der Waals surface area contributed by atoms with Crippen molar-refractivity contribution in [3.8, 4) is 0 Å². The average Bonchev–Trinajstić information content (AvgIpc) is 2.54. The number of hydrogen-bond donors (Lipinski definition) is 1. The number of aryl methyl sites for hydroxylation is 2. The number of amides is 1. The molecule has 26 heavy (non-hydrogen) atoms. The van der Waals surface area contributed by atoms with E-state index in [4.69, 9.17) is 0 Å². The van der Waals surface area contributed by atoms with Crippen molar-refractivity contribution < 1.29 is 50.5 Å². The topological polar surface area (TPSA) is 110 Å². The van der Waals surface area contributed by atoms with Crippen molar-refractivity contribution in [2.45, 2.75) is 39.2 Å². The Balaban J connectivity index is 0.00000338. The largest absolute Gasteiger partial charge is 1.00 e. The molecule has 0 radical (unpaired) electrons. The van der Waals surface area contributed by atoms with Crippen LogP contribution in [-0.4, -0.2) is 51.4 Å². The van der Waals surface area contributed by atoms with Crippen LogP contribution in [0.1, 0.15) is 38.4 Å². The Kier molecular flexibility index (Phi) is 7.92. The maximum atomic E-state index is 12.6. The number of Topliss-reactive ketones (excluding diaryl/α,β-unsaturated/α-hetero) is 2. The van der Waals surface area contributed by atoms with E-state index < -0.39 is 22.9 Å². The summed E-state index contributed by atoms with van der Waals surface area (Å²) in [5.74, 6) is -1.69. The summed E-state index contributed by atoms with van der Waals surface area (Å²) in [5, 5.41) is 14.5. The molecule has 1 aromatic rings. The average molecular weight is 371 g/mol. The molecule has 1 aliphatic rings. The Labute approximate surface area is 174 Å². The summed E-state index contributed by atoms with van der Waals surface area (Å²) in [6.07, 6.45) is 0.847. The van der Waals surface area contributed by atoms with Crippen molar-refractivity contribution in [3.63, 3.8) is 0 Å². The van der Waals surface area contributed by atoms with Gasteiger partial charge in [0.15, 0.2) is 11.6 Å². The number of carbonyl (C=O) groups is 3. The Bertz CT molecular complexity index is 814. The number of aliphatic hydroxyl groups excluding tert-OH is 1. The fourth-order valence-corrected chi connectivity index (χ4v) is 2.63. The number of carbonyl (C=O) groups excluding carboxylic acids is 3. The van der Waals surface area contributed by atoms with Gasteiger partial charge in [-0.1, -0.05) is 0 Å². The minimum atomic E-state index is -0.645. The predicted molar refractivity (Wildman–Crippen MR) is 91.1 cm³/mol. The molecule has 0 spiro atoms. The van der Waals surface area contributed by atoms with Crippen molar-refractivity contribution in [2.24, 2.45) is 0 Å². The van der Waals surface area contributed by atoms with Crippen LogP contribution in [0.4, 0.5) is 0 Å². The van der Waals surface area contributed by atoms with Gasteiger partial charge in [-0.05, 0) is 19.4 Å². The van der Waals surface area contributed by atoms with Gasteiger partial charge in [-0.2, -0.15) is 5.10 Å². The molecule has 1 saturated carbocycles. The van der Waals surface area contributed by atoms with Gasteiger partial charge in [-0.25, -0.2) is 4.68 Å². The first-order valence-electron chi connectivity index (χ1n) is 8.01. The minimum Gasteiger partial charge on any atom is -1.00 e. The third-order valence-electron chi connectivity index (χ3n) is 3.99. The molecule has 0 bridgehead atoms. The summed E-state index contributed by atoms with van der Waals surface area (Å²) >= 11 is 0. The number of rotatable bonds is 4. The van der Waals surface area contributed by atoms with Crippen molar-refractivity contribution in [1.29, 1.82) is 0 Å². The van der Waals surface area contributed by atoms with E-state index in [1.54, 1.807) is 21.0 Å². The molecular formula is C17H22N3NaO5. The Morgan fingerprint density at radius 3 is 2.38 bits per heavy atom. The molecule has 1 fully saturated rings. The first-order chi connectivity index (χ1) is 11.7. The molecule has 1 aromatic heterocycles. The Hall–Kier alpha value is -1.77. The smallest absolute Gasteiger partial charge is 1.00 e. The molecule has 0 saturated heterocycles. The zero-order valence-corrected chi connectivity index (χ0v) is 17.5. The van der Waals surface area contributed by atoms with E-state index in [2.05, 4.69) is 5.10 Å². The van der Waals surface area contributed by atoms with Crippen LogP contribution in [0, 0.1) is 6.92 Å². The number of ketones is 2. The fourth-order valence-electron chi connectivity index (χ4n) is 2.63. The van der Waals surface area contributed by atoms with Crippen LogP contribution in [0.15, 0.2) is 16.4 Å². The zero-order chi connectivity index (χ0) is 18.7. The monoisotopic (exact) mass is 371 g/mol. The van der Waals surface area contributed by atoms with E-state index in [0.29, 0.717) is 12.1 Å². The molecule has 0 unspecified atom stereocenters. The summed E-state index contributed by atoms with van der Waals surface area (Å²) in [5.41, 5.74) is -0.684. The Morgan fingerprint density at radius 2 is 1.85 bits per heavy atom. The third kappa shape index (κ3) is 4.90. The van der Waals surface area contributed by atoms with Crippen LogP contribution in [0.2, 0.25) is 0 Å². The second-order valence-electron chi connectivity index (χ2n) is 6.19. The van der Waals surface area contributed by atoms with E-state index in [1.165, 1.54) is 11.0 Å². The first-order valence-corrected chi connectivity index (χ1v) is 8.01. The molecule has 0 aliphatic heterocycles. The summed E-state index contributed by atoms with van der Waals surface area (Å²) in [7, 11) is 3.22. The molecule has 1 heterocycles. The van der Waals surface area contributed by atoms with Gasteiger partial charge < -0.3 is 11.4 Å². The SMILES string of the molecule is Cc1cc(C(O)=C2C(=O)CCCC2=O)c(=O)n(CCC(=O)N(C)C)n1.[H-].[Na+]. The molecule has 1 amide bonds. The van der Waals surface area contributed by atoms with Gasteiger partial charge in [-0.3, -0.25) is 19.2 Å². The van der Waals surface area contributed by atoms with E-state index in [0.717, 1.165) is 4.68 Å². The minimum absolute atomic E-state index is 0. The van der Waals surface area contributed by atoms with Gasteiger partial charge >= 0.3 is 29.6 Å². The maximum absolute atomic E-state index is 12.6. The van der Waals surface area contributed by atoms with Crippen LogP contribution in [0.5, 0.6) is 0 Å². The van der Waals surface area contributed by atoms with Gasteiger partial charge in [0.25, 0.3) is 5.56 Å². The van der Waals surface area contributed by atoms with Crippen molar-refractivity contribution >= 4 is 23.2 Å². The maximum Gasteiger partial charge on any atom is 1.00 e. The number of allylic oxidation sites excluding steroid dienone is 1. The van der Waals surface area contributed by atoms with Gasteiger partial charge in [0.2, 0.25) is 5.91 Å². The van der Waals surface area contributed by atoms with Gasteiger partial charge in [-0.15, -0.1) is 0 Å². The summed E-state index contributed by atoms with van der Waals surface area (Å²) in [6.45, 7) is 1.66. The van der Waals surface area contributed by atoms with Gasteiger partial charge in [0.1, 0.15) is 11.3 Å². The zero-order valence-electron chi connectivity index (χ0n) is 16.5. The van der Waals surface area contributed by atoms with Crippen LogP contribution >= 0.6 is 0 Å². The normalized spacial score (nSPS) is 14.0. The molecule has 9 heteroatoms. The standard InChI is InChI=1S/C17H21N3O5.Na.H/c1-10-9-11(16(24)15-12(21)5-4-6-13(15)22)17(25)20(18-10)8-7-14(23)19(2)3;;/h9,24H,4-8H2,1-3H3;;/q;+1;-1. The van der Waals surface area contributed by atoms with Crippen molar-refractivity contribution in [1.82, 2.24) is 14.7 Å². The molecule has 1 N–H and O–H groups in total. The van der Waals surface area contributed by atoms with Gasteiger partial charge in [0, 0.05) is 33.4 Å². The van der Waals surface area contributed by atoms with E-state index in [-0.39, 0.29) is 73.8 Å². The second-order valence-corrected chi connectivity index (χ2v) is 6.19. The number of aromatic nitrogens is 2. The van der Waals surface area contributed by atoms with E-state index in [9.17, 15) is 24.3 Å². The fraction of sp³-hybridized carbons (Fsp3) is 0.471. The van der Waals surface area contributed by atoms with Crippen molar-refractivity contribution in [2.75, 3.05) is 14.1 Å². The van der Waals surface area contributed by atoms with Crippen LogP contribution in [-0.2, 0) is 20.9 Å². The molecule has 2 rings (SSSR count). The van der Waals surface area contributed by atoms with Crippen LogP contribution < -0.4 is 35.1 Å². The predicted octanol–water partition coefficient (Wildman–Crippen LogP) is -2.26. The molecule has 0 atom stereocenters. The van der Waals surface area contributed by atoms with Crippen LogP contribution in [0.25, 0.3) is 5.76 Å². The summed E-state index contributed by atoms with van der Waals surface area (Å²) < 4.78 is 1.07. The summed E-state index contributed by atoms with van der Waals surface area (Å²) in [6, 6.07) is 1.34. The summed E-state index contributed by atoms with van der Waals surface area (Å²) in [4.78, 5) is 49.6. The molecule has 8 nitrogen and oxygen atoms in total. The van der Waals surface area contributed by atoms with E-state index in [1.807, 2.05) is 0 Å².